The zero-order valence-corrected chi connectivity index (χ0v) is 10.2. The summed E-state index contributed by atoms with van der Waals surface area (Å²) in [5, 5.41) is 0. The highest BCUT2D eigenvalue weighted by Gasteiger charge is 2.24. The van der Waals surface area contributed by atoms with Crippen molar-refractivity contribution in [3.05, 3.63) is 35.6 Å². The molecule has 0 bridgehead atoms. The minimum atomic E-state index is -0.169. The first-order chi connectivity index (χ1) is 7.81. The summed E-state index contributed by atoms with van der Waals surface area (Å²) in [5.74, 6) is 3.36. The highest BCUT2D eigenvalue weighted by atomic mass is 32.2. The van der Waals surface area contributed by atoms with E-state index in [2.05, 4.69) is 0 Å². The van der Waals surface area contributed by atoms with Crippen LogP contribution in [0.1, 0.15) is 24.3 Å². The lowest BCUT2D eigenvalue weighted by Gasteiger charge is -2.29. The number of rotatable bonds is 3. The molecule has 1 aliphatic heterocycles. The van der Waals surface area contributed by atoms with Crippen LogP contribution < -0.4 is 5.73 Å². The maximum atomic E-state index is 12.9. The molecule has 1 fully saturated rings. The molecule has 1 aliphatic rings. The Morgan fingerprint density at radius 2 is 2.12 bits per heavy atom. The van der Waals surface area contributed by atoms with Crippen LogP contribution in [0, 0.1) is 11.7 Å². The minimum absolute atomic E-state index is 0.169. The Balaban J connectivity index is 2.11. The lowest BCUT2D eigenvalue weighted by molar-refractivity contribution is 0.430. The van der Waals surface area contributed by atoms with Gasteiger partial charge < -0.3 is 5.73 Å². The zero-order valence-electron chi connectivity index (χ0n) is 9.36. The lowest BCUT2D eigenvalue weighted by atomic mass is 9.84. The van der Waals surface area contributed by atoms with Gasteiger partial charge in [-0.1, -0.05) is 12.1 Å². The molecule has 1 heterocycles. The largest absolute Gasteiger partial charge is 0.330 e. The van der Waals surface area contributed by atoms with Crippen molar-refractivity contribution in [2.75, 3.05) is 18.1 Å². The van der Waals surface area contributed by atoms with Gasteiger partial charge in [0.2, 0.25) is 0 Å². The second-order valence-electron chi connectivity index (χ2n) is 4.37. The van der Waals surface area contributed by atoms with Crippen LogP contribution in [0.15, 0.2) is 24.3 Å². The van der Waals surface area contributed by atoms with E-state index in [4.69, 9.17) is 5.73 Å². The molecular weight excluding hydrogens is 221 g/mol. The van der Waals surface area contributed by atoms with Crippen molar-refractivity contribution in [1.82, 2.24) is 0 Å². The van der Waals surface area contributed by atoms with Gasteiger partial charge in [-0.05, 0) is 60.4 Å². The third kappa shape index (κ3) is 2.77. The molecule has 2 atom stereocenters. The van der Waals surface area contributed by atoms with Gasteiger partial charge in [0.05, 0.1) is 0 Å². The summed E-state index contributed by atoms with van der Waals surface area (Å²) in [4.78, 5) is 0. The van der Waals surface area contributed by atoms with Gasteiger partial charge in [-0.2, -0.15) is 11.8 Å². The summed E-state index contributed by atoms with van der Waals surface area (Å²) in [6.45, 7) is 0.664. The Labute approximate surface area is 101 Å². The van der Waals surface area contributed by atoms with Crippen molar-refractivity contribution in [1.29, 1.82) is 0 Å². The highest BCUT2D eigenvalue weighted by molar-refractivity contribution is 7.99. The van der Waals surface area contributed by atoms with Crippen molar-refractivity contribution < 1.29 is 4.39 Å². The van der Waals surface area contributed by atoms with Gasteiger partial charge in [0.15, 0.2) is 0 Å². The summed E-state index contributed by atoms with van der Waals surface area (Å²) in [6, 6.07) is 6.83. The molecule has 0 aliphatic carbocycles. The molecule has 1 aromatic carbocycles. The van der Waals surface area contributed by atoms with E-state index in [0.29, 0.717) is 18.4 Å². The fourth-order valence-electron chi connectivity index (χ4n) is 2.39. The Morgan fingerprint density at radius 1 is 1.38 bits per heavy atom. The lowest BCUT2D eigenvalue weighted by Crippen LogP contribution is -2.25. The average molecular weight is 239 g/mol. The van der Waals surface area contributed by atoms with Gasteiger partial charge in [-0.25, -0.2) is 4.39 Å². The van der Waals surface area contributed by atoms with Crippen LogP contribution >= 0.6 is 11.8 Å². The van der Waals surface area contributed by atoms with E-state index in [9.17, 15) is 4.39 Å². The molecule has 1 saturated heterocycles. The van der Waals surface area contributed by atoms with Gasteiger partial charge in [-0.3, -0.25) is 0 Å². The maximum Gasteiger partial charge on any atom is 0.123 e. The summed E-state index contributed by atoms with van der Waals surface area (Å²) in [6.07, 6.45) is 2.54. The number of benzene rings is 1. The highest BCUT2D eigenvalue weighted by Crippen LogP contribution is 2.34. The Bertz CT molecular complexity index is 319. The molecule has 0 aromatic heterocycles. The predicted molar refractivity (Wildman–Crippen MR) is 68.2 cm³/mol. The van der Waals surface area contributed by atoms with E-state index in [1.807, 2.05) is 23.9 Å². The average Bonchev–Trinajstić information content (AvgIpc) is 2.34. The van der Waals surface area contributed by atoms with E-state index >= 15 is 0 Å². The second-order valence-corrected chi connectivity index (χ2v) is 5.52. The van der Waals surface area contributed by atoms with Gasteiger partial charge in [-0.15, -0.1) is 0 Å². The van der Waals surface area contributed by atoms with Crippen LogP contribution in [-0.2, 0) is 0 Å². The Kier molecular flexibility index (Phi) is 4.24. The smallest absolute Gasteiger partial charge is 0.123 e. The molecule has 2 rings (SSSR count). The molecule has 1 nitrogen and oxygen atoms in total. The Hall–Kier alpha value is -0.540. The summed E-state index contributed by atoms with van der Waals surface area (Å²) >= 11 is 2.01. The quantitative estimate of drug-likeness (QED) is 0.877. The van der Waals surface area contributed by atoms with Crippen molar-refractivity contribution >= 4 is 11.8 Å². The van der Waals surface area contributed by atoms with E-state index in [0.717, 1.165) is 0 Å². The third-order valence-corrected chi connectivity index (χ3v) is 4.56. The molecule has 88 valence electrons. The van der Waals surface area contributed by atoms with E-state index < -0.39 is 0 Å². The zero-order chi connectivity index (χ0) is 11.4. The maximum absolute atomic E-state index is 12.9. The monoisotopic (exact) mass is 239 g/mol. The fraction of sp³-hybridized carbons (Fsp3) is 0.538. The number of hydrogen-bond donors (Lipinski definition) is 1. The number of nitrogens with two attached hydrogens (primary N) is 1. The van der Waals surface area contributed by atoms with Gasteiger partial charge >= 0.3 is 0 Å². The van der Waals surface area contributed by atoms with Gasteiger partial charge in [0.1, 0.15) is 5.82 Å². The van der Waals surface area contributed by atoms with Gasteiger partial charge in [0.25, 0.3) is 0 Å². The number of thioether (sulfide) groups is 1. The van der Waals surface area contributed by atoms with Crippen LogP contribution in [0.3, 0.4) is 0 Å². The van der Waals surface area contributed by atoms with Crippen LogP contribution in [0.2, 0.25) is 0 Å². The summed E-state index contributed by atoms with van der Waals surface area (Å²) in [5.41, 5.74) is 7.06. The van der Waals surface area contributed by atoms with Gasteiger partial charge in [0, 0.05) is 0 Å². The molecule has 1 aromatic rings. The molecule has 0 saturated carbocycles. The molecule has 0 amide bonds. The van der Waals surface area contributed by atoms with E-state index in [-0.39, 0.29) is 5.82 Å². The fourth-order valence-corrected chi connectivity index (χ4v) is 3.63. The molecule has 16 heavy (non-hydrogen) atoms. The van der Waals surface area contributed by atoms with Crippen molar-refractivity contribution in [2.45, 2.75) is 18.8 Å². The summed E-state index contributed by atoms with van der Waals surface area (Å²) in [7, 11) is 0. The topological polar surface area (TPSA) is 26.0 Å². The normalized spacial score (nSPS) is 23.0. The van der Waals surface area contributed by atoms with Crippen molar-refractivity contribution in [2.24, 2.45) is 11.7 Å². The van der Waals surface area contributed by atoms with E-state index in [1.54, 1.807) is 0 Å². The number of hydrogen-bond acceptors (Lipinski definition) is 2. The molecule has 2 N–H and O–H groups in total. The molecule has 3 heteroatoms. The van der Waals surface area contributed by atoms with Crippen LogP contribution in [-0.4, -0.2) is 18.1 Å². The number of halogens is 1. The second kappa shape index (κ2) is 5.69. The molecule has 0 spiro atoms. The molecular formula is C13H18FNS. The Morgan fingerprint density at radius 3 is 2.69 bits per heavy atom. The standard InChI is InChI=1S/C13H18FNS/c14-12-5-3-10(4-6-12)13(8-15)11-2-1-7-16-9-11/h3-6,11,13H,1-2,7-9,15H2. The minimum Gasteiger partial charge on any atom is -0.330 e. The van der Waals surface area contributed by atoms with Crippen molar-refractivity contribution in [3.63, 3.8) is 0 Å². The predicted octanol–water partition coefficient (Wildman–Crippen LogP) is 3.01. The van der Waals surface area contributed by atoms with E-state index in [1.165, 1.54) is 42.0 Å². The molecule has 0 radical (unpaired) electrons. The van der Waals surface area contributed by atoms with Crippen molar-refractivity contribution in [3.8, 4) is 0 Å². The van der Waals surface area contributed by atoms with Crippen LogP contribution in [0.5, 0.6) is 0 Å². The third-order valence-electron chi connectivity index (χ3n) is 3.32. The van der Waals surface area contributed by atoms with Crippen LogP contribution in [0.25, 0.3) is 0 Å². The first-order valence-electron chi connectivity index (χ1n) is 5.84. The first kappa shape index (κ1) is 11.9. The SMILES string of the molecule is NCC(c1ccc(F)cc1)C1CCCSC1. The van der Waals surface area contributed by atoms with Crippen LogP contribution in [0.4, 0.5) is 4.39 Å². The summed E-state index contributed by atoms with van der Waals surface area (Å²) < 4.78 is 12.9. The first-order valence-corrected chi connectivity index (χ1v) is 7.00. The molecule has 2 unspecified atom stereocenters.